The van der Waals surface area contributed by atoms with Crippen LogP contribution >= 0.6 is 0 Å². The number of hydrogen-bond donors (Lipinski definition) is 1. The van der Waals surface area contributed by atoms with E-state index in [1.165, 1.54) is 0 Å². The molecule has 0 radical (unpaired) electrons. The Morgan fingerprint density at radius 2 is 2.20 bits per heavy atom. The fourth-order valence-electron chi connectivity index (χ4n) is 2.80. The molecule has 1 amide bonds. The summed E-state index contributed by atoms with van der Waals surface area (Å²) in [5.74, 6) is 0.852. The first-order valence-corrected chi connectivity index (χ1v) is 6.13. The van der Waals surface area contributed by atoms with Crippen LogP contribution in [0.25, 0.3) is 0 Å². The van der Waals surface area contributed by atoms with E-state index in [0.29, 0.717) is 11.8 Å². The summed E-state index contributed by atoms with van der Waals surface area (Å²) >= 11 is 0. The number of likely N-dealkylation sites (tertiary alicyclic amines) is 1. The summed E-state index contributed by atoms with van der Waals surface area (Å²) in [7, 11) is 0. The van der Waals surface area contributed by atoms with Crippen LogP contribution in [-0.2, 0) is 4.79 Å². The van der Waals surface area contributed by atoms with Gasteiger partial charge in [-0.05, 0) is 38.0 Å². The Morgan fingerprint density at radius 1 is 1.47 bits per heavy atom. The molecule has 0 spiro atoms. The molecule has 3 heteroatoms. The molecule has 0 bridgehead atoms. The summed E-state index contributed by atoms with van der Waals surface area (Å²) in [6.45, 7) is 3.84. The van der Waals surface area contributed by atoms with Gasteiger partial charge in [-0.25, -0.2) is 0 Å². The Morgan fingerprint density at radius 3 is 2.80 bits per heavy atom. The number of aliphatic hydroxyl groups is 1. The molecule has 2 fully saturated rings. The van der Waals surface area contributed by atoms with Gasteiger partial charge in [-0.3, -0.25) is 4.79 Å². The molecule has 2 rings (SSSR count). The molecule has 1 saturated carbocycles. The van der Waals surface area contributed by atoms with E-state index in [4.69, 9.17) is 0 Å². The lowest BCUT2D eigenvalue weighted by molar-refractivity contribution is -0.138. The second kappa shape index (κ2) is 4.12. The Bertz CT molecular complexity index is 246. The molecule has 0 unspecified atom stereocenters. The Balaban J connectivity index is 1.76. The van der Waals surface area contributed by atoms with Crippen molar-refractivity contribution in [2.45, 2.75) is 51.0 Å². The zero-order valence-corrected chi connectivity index (χ0v) is 9.54. The SMILES string of the molecule is CCC1(O)CC(CN2CCCCC2=O)C1. The van der Waals surface area contributed by atoms with Crippen molar-refractivity contribution in [1.82, 2.24) is 4.90 Å². The summed E-state index contributed by atoms with van der Waals surface area (Å²) in [6, 6.07) is 0. The van der Waals surface area contributed by atoms with Crippen molar-refractivity contribution in [3.05, 3.63) is 0 Å². The lowest BCUT2D eigenvalue weighted by atomic mass is 9.69. The molecule has 1 N–H and O–H groups in total. The predicted octanol–water partition coefficient (Wildman–Crippen LogP) is 1.55. The minimum atomic E-state index is -0.413. The number of hydrogen-bond acceptors (Lipinski definition) is 2. The Labute approximate surface area is 91.5 Å². The third-order valence-electron chi connectivity index (χ3n) is 3.90. The molecule has 0 aromatic rings. The zero-order valence-electron chi connectivity index (χ0n) is 9.54. The van der Waals surface area contributed by atoms with Gasteiger partial charge in [0.2, 0.25) is 5.91 Å². The van der Waals surface area contributed by atoms with Gasteiger partial charge in [0, 0.05) is 19.5 Å². The highest BCUT2D eigenvalue weighted by molar-refractivity contribution is 5.76. The highest BCUT2D eigenvalue weighted by Gasteiger charge is 2.41. The average molecular weight is 211 g/mol. The molecule has 3 nitrogen and oxygen atoms in total. The molecular weight excluding hydrogens is 190 g/mol. The van der Waals surface area contributed by atoms with Crippen molar-refractivity contribution >= 4 is 5.91 Å². The Kier molecular flexibility index (Phi) is 3.01. The number of carbonyl (C=O) groups is 1. The molecule has 0 atom stereocenters. The van der Waals surface area contributed by atoms with Crippen molar-refractivity contribution in [2.75, 3.05) is 13.1 Å². The summed E-state index contributed by atoms with van der Waals surface area (Å²) in [5, 5.41) is 9.88. The normalized spacial score (nSPS) is 36.5. The standard InChI is InChI=1S/C12H21NO2/c1-2-12(15)7-10(8-12)9-13-6-4-3-5-11(13)14/h10,15H,2-9H2,1H3. The van der Waals surface area contributed by atoms with Gasteiger partial charge in [-0.15, -0.1) is 0 Å². The summed E-state index contributed by atoms with van der Waals surface area (Å²) in [4.78, 5) is 13.6. The van der Waals surface area contributed by atoms with Crippen molar-refractivity contribution < 1.29 is 9.90 Å². The zero-order chi connectivity index (χ0) is 10.9. The maximum absolute atomic E-state index is 11.6. The van der Waals surface area contributed by atoms with Gasteiger partial charge < -0.3 is 10.0 Å². The summed E-state index contributed by atoms with van der Waals surface area (Å²) in [6.07, 6.45) is 5.54. The second-order valence-electron chi connectivity index (χ2n) is 5.15. The van der Waals surface area contributed by atoms with Crippen molar-refractivity contribution in [1.29, 1.82) is 0 Å². The number of carbonyl (C=O) groups excluding carboxylic acids is 1. The monoisotopic (exact) mass is 211 g/mol. The van der Waals surface area contributed by atoms with Gasteiger partial charge in [0.1, 0.15) is 0 Å². The lowest BCUT2D eigenvalue weighted by Crippen LogP contribution is -2.49. The highest BCUT2D eigenvalue weighted by atomic mass is 16.3. The number of piperidine rings is 1. The van der Waals surface area contributed by atoms with Crippen LogP contribution in [-0.4, -0.2) is 34.6 Å². The third kappa shape index (κ3) is 2.33. The maximum Gasteiger partial charge on any atom is 0.222 e. The van der Waals surface area contributed by atoms with E-state index in [0.717, 1.165) is 51.6 Å². The predicted molar refractivity (Wildman–Crippen MR) is 58.4 cm³/mol. The average Bonchev–Trinajstić information content (AvgIpc) is 2.18. The van der Waals surface area contributed by atoms with Crippen LogP contribution < -0.4 is 0 Å². The van der Waals surface area contributed by atoms with Gasteiger partial charge in [0.15, 0.2) is 0 Å². The topological polar surface area (TPSA) is 40.5 Å². The van der Waals surface area contributed by atoms with E-state index >= 15 is 0 Å². The minimum Gasteiger partial charge on any atom is -0.390 e. The van der Waals surface area contributed by atoms with Crippen LogP contribution in [0.1, 0.15) is 45.4 Å². The van der Waals surface area contributed by atoms with E-state index in [1.54, 1.807) is 0 Å². The quantitative estimate of drug-likeness (QED) is 0.769. The smallest absolute Gasteiger partial charge is 0.222 e. The summed E-state index contributed by atoms with van der Waals surface area (Å²) in [5.41, 5.74) is -0.413. The molecule has 1 saturated heterocycles. The van der Waals surface area contributed by atoms with Crippen LogP contribution in [0.5, 0.6) is 0 Å². The van der Waals surface area contributed by atoms with E-state index < -0.39 is 5.60 Å². The Hall–Kier alpha value is -0.570. The van der Waals surface area contributed by atoms with Gasteiger partial charge in [0.25, 0.3) is 0 Å². The molecular formula is C12H21NO2. The minimum absolute atomic E-state index is 0.313. The van der Waals surface area contributed by atoms with Crippen molar-refractivity contribution in [2.24, 2.45) is 5.92 Å². The largest absolute Gasteiger partial charge is 0.390 e. The summed E-state index contributed by atoms with van der Waals surface area (Å²) < 4.78 is 0. The number of rotatable bonds is 3. The number of amides is 1. The molecule has 2 aliphatic rings. The number of nitrogens with zero attached hydrogens (tertiary/aromatic N) is 1. The molecule has 15 heavy (non-hydrogen) atoms. The van der Waals surface area contributed by atoms with Crippen LogP contribution in [0, 0.1) is 5.92 Å². The molecule has 1 heterocycles. The molecule has 0 aromatic heterocycles. The maximum atomic E-state index is 11.6. The van der Waals surface area contributed by atoms with E-state index in [2.05, 4.69) is 0 Å². The van der Waals surface area contributed by atoms with E-state index in [9.17, 15) is 9.90 Å². The third-order valence-corrected chi connectivity index (χ3v) is 3.90. The van der Waals surface area contributed by atoms with Gasteiger partial charge >= 0.3 is 0 Å². The van der Waals surface area contributed by atoms with Gasteiger partial charge in [0.05, 0.1) is 5.60 Å². The highest BCUT2D eigenvalue weighted by Crippen LogP contribution is 2.40. The fraction of sp³-hybridized carbons (Fsp3) is 0.917. The molecule has 0 aromatic carbocycles. The molecule has 1 aliphatic heterocycles. The first-order valence-electron chi connectivity index (χ1n) is 6.13. The van der Waals surface area contributed by atoms with E-state index in [-0.39, 0.29) is 0 Å². The van der Waals surface area contributed by atoms with Crippen molar-refractivity contribution in [3.63, 3.8) is 0 Å². The first-order chi connectivity index (χ1) is 7.13. The van der Waals surface area contributed by atoms with Gasteiger partial charge in [-0.2, -0.15) is 0 Å². The van der Waals surface area contributed by atoms with Crippen LogP contribution in [0.15, 0.2) is 0 Å². The van der Waals surface area contributed by atoms with E-state index in [1.807, 2.05) is 11.8 Å². The van der Waals surface area contributed by atoms with Crippen LogP contribution in [0.2, 0.25) is 0 Å². The molecule has 1 aliphatic carbocycles. The lowest BCUT2D eigenvalue weighted by Gasteiger charge is -2.45. The first kappa shape index (κ1) is 10.9. The van der Waals surface area contributed by atoms with Crippen molar-refractivity contribution in [3.8, 4) is 0 Å². The second-order valence-corrected chi connectivity index (χ2v) is 5.15. The van der Waals surface area contributed by atoms with Crippen LogP contribution in [0.3, 0.4) is 0 Å². The van der Waals surface area contributed by atoms with Crippen LogP contribution in [0.4, 0.5) is 0 Å². The molecule has 86 valence electrons. The fourth-order valence-corrected chi connectivity index (χ4v) is 2.80. The van der Waals surface area contributed by atoms with Gasteiger partial charge in [-0.1, -0.05) is 6.92 Å².